The van der Waals surface area contributed by atoms with Crippen molar-refractivity contribution in [2.45, 2.75) is 39.3 Å². The summed E-state index contributed by atoms with van der Waals surface area (Å²) in [5.41, 5.74) is 5.79. The Labute approximate surface area is 125 Å². The Morgan fingerprint density at radius 3 is 2.50 bits per heavy atom. The minimum Gasteiger partial charge on any atom is -0.346 e. The number of thiazole rings is 1. The van der Waals surface area contributed by atoms with Gasteiger partial charge in [0, 0.05) is 11.6 Å². The second-order valence-electron chi connectivity index (χ2n) is 4.11. The summed E-state index contributed by atoms with van der Waals surface area (Å²) in [5, 5.41) is 5.78. The summed E-state index contributed by atoms with van der Waals surface area (Å²) >= 11 is 1.55. The van der Waals surface area contributed by atoms with Crippen LogP contribution in [-0.4, -0.2) is 16.9 Å². The molecule has 7 heteroatoms. The quantitative estimate of drug-likeness (QED) is 0.877. The lowest BCUT2D eigenvalue weighted by Gasteiger charge is -2.20. The first-order valence-corrected chi connectivity index (χ1v) is 6.39. The van der Waals surface area contributed by atoms with Crippen LogP contribution in [0.15, 0.2) is 11.6 Å². The van der Waals surface area contributed by atoms with Gasteiger partial charge in [-0.05, 0) is 12.3 Å². The maximum atomic E-state index is 11.8. The van der Waals surface area contributed by atoms with Gasteiger partial charge in [-0.15, -0.1) is 36.2 Å². The number of nitrogens with zero attached hydrogens (tertiary/aromatic N) is 1. The van der Waals surface area contributed by atoms with E-state index in [0.29, 0.717) is 0 Å². The van der Waals surface area contributed by atoms with Crippen molar-refractivity contribution in [1.82, 2.24) is 10.3 Å². The molecule has 1 heterocycles. The van der Waals surface area contributed by atoms with Gasteiger partial charge < -0.3 is 11.1 Å². The smallest absolute Gasteiger partial charge is 0.237 e. The van der Waals surface area contributed by atoms with Gasteiger partial charge in [-0.25, -0.2) is 4.98 Å². The molecule has 106 valence electrons. The summed E-state index contributed by atoms with van der Waals surface area (Å²) in [6.45, 7) is 5.90. The molecular weight excluding hydrogens is 293 g/mol. The number of amides is 1. The topological polar surface area (TPSA) is 68.0 Å². The highest BCUT2D eigenvalue weighted by atomic mass is 35.5. The summed E-state index contributed by atoms with van der Waals surface area (Å²) in [7, 11) is 0. The highest BCUT2D eigenvalue weighted by Gasteiger charge is 2.21. The molecule has 0 aliphatic heterocycles. The highest BCUT2D eigenvalue weighted by molar-refractivity contribution is 7.09. The van der Waals surface area contributed by atoms with E-state index in [2.05, 4.69) is 10.3 Å². The second kappa shape index (κ2) is 9.55. The van der Waals surface area contributed by atoms with Crippen molar-refractivity contribution in [3.05, 3.63) is 16.6 Å². The molecule has 3 N–H and O–H groups in total. The number of halogens is 2. The van der Waals surface area contributed by atoms with E-state index in [1.54, 1.807) is 17.5 Å². The normalized spacial score (nSPS) is 13.2. The van der Waals surface area contributed by atoms with Crippen molar-refractivity contribution >= 4 is 42.1 Å². The highest BCUT2D eigenvalue weighted by Crippen LogP contribution is 2.18. The molecule has 0 saturated carbocycles. The zero-order valence-electron chi connectivity index (χ0n) is 10.8. The van der Waals surface area contributed by atoms with E-state index in [1.165, 1.54) is 0 Å². The zero-order valence-corrected chi connectivity index (χ0v) is 13.2. The summed E-state index contributed by atoms with van der Waals surface area (Å²) in [6.07, 6.45) is 2.57. The van der Waals surface area contributed by atoms with Gasteiger partial charge in [0.25, 0.3) is 0 Å². The van der Waals surface area contributed by atoms with Crippen LogP contribution in [0.25, 0.3) is 0 Å². The van der Waals surface area contributed by atoms with E-state index in [0.717, 1.165) is 11.4 Å². The Bertz CT molecular complexity index is 333. The van der Waals surface area contributed by atoms with E-state index >= 15 is 0 Å². The molecule has 1 aromatic heterocycles. The van der Waals surface area contributed by atoms with Crippen LogP contribution in [0.2, 0.25) is 0 Å². The summed E-state index contributed by atoms with van der Waals surface area (Å²) in [6, 6.07) is -0.466. The van der Waals surface area contributed by atoms with Crippen LogP contribution in [0.3, 0.4) is 0 Å². The molecule has 1 rings (SSSR count). The van der Waals surface area contributed by atoms with E-state index in [1.807, 2.05) is 26.2 Å². The van der Waals surface area contributed by atoms with Gasteiger partial charge in [0.05, 0.1) is 12.1 Å². The zero-order chi connectivity index (χ0) is 12.1. The minimum atomic E-state index is -0.450. The summed E-state index contributed by atoms with van der Waals surface area (Å²) < 4.78 is 0. The van der Waals surface area contributed by atoms with Gasteiger partial charge in [0.2, 0.25) is 5.91 Å². The number of aromatic nitrogens is 1. The minimum absolute atomic E-state index is 0. The van der Waals surface area contributed by atoms with E-state index in [9.17, 15) is 4.79 Å². The van der Waals surface area contributed by atoms with Gasteiger partial charge in [-0.3, -0.25) is 4.79 Å². The molecule has 18 heavy (non-hydrogen) atoms. The number of carbonyl (C=O) groups excluding carboxylic acids is 1. The molecule has 0 radical (unpaired) electrons. The second-order valence-corrected chi connectivity index (χ2v) is 5.04. The largest absolute Gasteiger partial charge is 0.346 e. The fourth-order valence-electron chi connectivity index (χ4n) is 1.32. The Morgan fingerprint density at radius 2 is 2.11 bits per heavy atom. The molecule has 1 amide bonds. The Morgan fingerprint density at radius 1 is 1.50 bits per heavy atom. The number of nitrogens with one attached hydrogen (secondary N) is 1. The van der Waals surface area contributed by atoms with E-state index in [-0.39, 0.29) is 42.7 Å². The standard InChI is InChI=1S/C11H19N3OS.2ClH/c1-4-8(11-13-5-6-16-11)14-10(15)9(12)7(2)3;;/h5-9H,4,12H2,1-3H3,(H,14,15);2*1H/t8?,9-;;/m1../s1. The van der Waals surface area contributed by atoms with Gasteiger partial charge in [-0.2, -0.15) is 0 Å². The molecule has 0 fully saturated rings. The first kappa shape index (κ1) is 20.0. The molecule has 0 aliphatic carbocycles. The lowest BCUT2D eigenvalue weighted by Crippen LogP contribution is -2.45. The monoisotopic (exact) mass is 313 g/mol. The van der Waals surface area contributed by atoms with Crippen molar-refractivity contribution in [2.75, 3.05) is 0 Å². The van der Waals surface area contributed by atoms with Crippen LogP contribution in [0, 0.1) is 5.92 Å². The van der Waals surface area contributed by atoms with Crippen LogP contribution in [0.5, 0.6) is 0 Å². The fraction of sp³-hybridized carbons (Fsp3) is 0.636. The lowest BCUT2D eigenvalue weighted by atomic mass is 10.0. The van der Waals surface area contributed by atoms with Crippen molar-refractivity contribution < 1.29 is 4.79 Å². The van der Waals surface area contributed by atoms with Crippen LogP contribution in [0.1, 0.15) is 38.2 Å². The van der Waals surface area contributed by atoms with Gasteiger partial charge >= 0.3 is 0 Å². The molecule has 1 unspecified atom stereocenters. The van der Waals surface area contributed by atoms with Crippen LogP contribution < -0.4 is 11.1 Å². The summed E-state index contributed by atoms with van der Waals surface area (Å²) in [4.78, 5) is 16.0. The first-order chi connectivity index (χ1) is 7.56. The Hall–Kier alpha value is -0.360. The molecule has 0 saturated heterocycles. The maximum Gasteiger partial charge on any atom is 0.237 e. The first-order valence-electron chi connectivity index (χ1n) is 5.51. The van der Waals surface area contributed by atoms with Gasteiger partial charge in [-0.1, -0.05) is 20.8 Å². The third-order valence-electron chi connectivity index (χ3n) is 2.50. The average molecular weight is 314 g/mol. The third-order valence-corrected chi connectivity index (χ3v) is 3.38. The van der Waals surface area contributed by atoms with Crippen molar-refractivity contribution in [3.63, 3.8) is 0 Å². The van der Waals surface area contributed by atoms with Gasteiger partial charge in [0.15, 0.2) is 0 Å². The maximum absolute atomic E-state index is 11.8. The van der Waals surface area contributed by atoms with Crippen LogP contribution in [0.4, 0.5) is 0 Å². The predicted octanol–water partition coefficient (Wildman–Crippen LogP) is 2.54. The van der Waals surface area contributed by atoms with Crippen molar-refractivity contribution in [1.29, 1.82) is 0 Å². The van der Waals surface area contributed by atoms with Crippen LogP contribution in [-0.2, 0) is 4.79 Å². The average Bonchev–Trinajstić information content (AvgIpc) is 2.77. The van der Waals surface area contributed by atoms with Crippen LogP contribution >= 0.6 is 36.2 Å². The molecule has 4 nitrogen and oxygen atoms in total. The Balaban J connectivity index is 0. The molecule has 0 spiro atoms. The number of carbonyl (C=O) groups is 1. The lowest BCUT2D eigenvalue weighted by molar-refractivity contribution is -0.124. The Kier molecular flexibility index (Phi) is 10.6. The number of nitrogens with two attached hydrogens (primary N) is 1. The van der Waals surface area contributed by atoms with E-state index < -0.39 is 6.04 Å². The fourth-order valence-corrected chi connectivity index (χ4v) is 2.09. The molecule has 0 bridgehead atoms. The molecule has 2 atom stereocenters. The number of rotatable bonds is 5. The number of hydrogen-bond donors (Lipinski definition) is 2. The van der Waals surface area contributed by atoms with Crippen molar-refractivity contribution in [3.8, 4) is 0 Å². The molecule has 0 aliphatic rings. The van der Waals surface area contributed by atoms with Crippen molar-refractivity contribution in [2.24, 2.45) is 11.7 Å². The van der Waals surface area contributed by atoms with E-state index in [4.69, 9.17) is 5.73 Å². The van der Waals surface area contributed by atoms with Gasteiger partial charge in [0.1, 0.15) is 5.01 Å². The molecule has 1 aromatic rings. The third kappa shape index (κ3) is 5.52. The molecule has 0 aromatic carbocycles. The predicted molar refractivity (Wildman–Crippen MR) is 80.6 cm³/mol. The molecular formula is C11H21Cl2N3OS. The number of hydrogen-bond acceptors (Lipinski definition) is 4. The SMILES string of the molecule is CCC(NC(=O)[C@H](N)C(C)C)c1nccs1.Cl.Cl. The summed E-state index contributed by atoms with van der Waals surface area (Å²) in [5.74, 6) is 0.0471.